The van der Waals surface area contributed by atoms with Gasteiger partial charge in [0.2, 0.25) is 0 Å². The minimum absolute atomic E-state index is 0.664. The Balaban J connectivity index is 0.00000117. The second-order valence-corrected chi connectivity index (χ2v) is 7.00. The van der Waals surface area contributed by atoms with E-state index in [-0.39, 0.29) is 0 Å². The molecule has 3 nitrogen and oxygen atoms in total. The molecular weight excluding hydrogens is 318 g/mol. The SMILES string of the molecule is CC.Cc1cc(N)ccc1NCCc1c[nH]c2c(CC(C)C)cccc12. The molecule has 140 valence electrons. The molecule has 0 bridgehead atoms. The lowest BCUT2D eigenvalue weighted by Crippen LogP contribution is -2.06. The molecule has 1 heterocycles. The highest BCUT2D eigenvalue weighted by atomic mass is 14.9. The Morgan fingerprint density at radius 2 is 1.85 bits per heavy atom. The molecule has 0 saturated heterocycles. The molecular formula is C23H33N3. The predicted octanol–water partition coefficient (Wildman–Crippen LogP) is 5.94. The molecule has 0 amide bonds. The number of nitrogens with two attached hydrogens (primary N) is 1. The third-order valence-electron chi connectivity index (χ3n) is 4.48. The maximum absolute atomic E-state index is 5.81. The summed E-state index contributed by atoms with van der Waals surface area (Å²) in [6.45, 7) is 11.5. The molecule has 3 aromatic rings. The van der Waals surface area contributed by atoms with E-state index in [1.54, 1.807) is 0 Å². The fourth-order valence-electron chi connectivity index (χ4n) is 3.31. The first-order valence-corrected chi connectivity index (χ1v) is 9.72. The van der Waals surface area contributed by atoms with E-state index in [1.807, 2.05) is 26.0 Å². The molecule has 0 radical (unpaired) electrons. The van der Waals surface area contributed by atoms with Gasteiger partial charge in [-0.3, -0.25) is 0 Å². The standard InChI is InChI=1S/C21H27N3.C2H6/c1-14(2)11-16-5-4-6-19-17(13-24-21(16)19)9-10-23-20-8-7-18(22)12-15(20)3;1-2/h4-8,12-14,23-24H,9-11,22H2,1-3H3;1-2H3. The van der Waals surface area contributed by atoms with Crippen LogP contribution in [0.2, 0.25) is 0 Å². The number of aryl methyl sites for hydroxylation is 1. The van der Waals surface area contributed by atoms with Crippen molar-refractivity contribution >= 4 is 22.3 Å². The Hall–Kier alpha value is -2.42. The minimum atomic E-state index is 0.664. The molecule has 0 saturated carbocycles. The van der Waals surface area contributed by atoms with E-state index in [4.69, 9.17) is 5.73 Å². The summed E-state index contributed by atoms with van der Waals surface area (Å²) in [6, 6.07) is 12.6. The zero-order valence-corrected chi connectivity index (χ0v) is 16.8. The highest BCUT2D eigenvalue weighted by molar-refractivity contribution is 5.86. The van der Waals surface area contributed by atoms with Crippen LogP contribution < -0.4 is 11.1 Å². The van der Waals surface area contributed by atoms with Gasteiger partial charge < -0.3 is 16.0 Å². The molecule has 0 aliphatic carbocycles. The third kappa shape index (κ3) is 4.81. The molecule has 4 N–H and O–H groups in total. The van der Waals surface area contributed by atoms with Crippen LogP contribution in [0.3, 0.4) is 0 Å². The van der Waals surface area contributed by atoms with Gasteiger partial charge in [0.05, 0.1) is 0 Å². The number of aromatic nitrogens is 1. The molecule has 3 rings (SSSR count). The number of aromatic amines is 1. The van der Waals surface area contributed by atoms with Crippen molar-refractivity contribution in [2.24, 2.45) is 5.92 Å². The lowest BCUT2D eigenvalue weighted by molar-refractivity contribution is 0.649. The van der Waals surface area contributed by atoms with Gasteiger partial charge in [-0.1, -0.05) is 45.9 Å². The normalized spacial score (nSPS) is 10.7. The van der Waals surface area contributed by atoms with Crippen LogP contribution in [0, 0.1) is 12.8 Å². The van der Waals surface area contributed by atoms with E-state index >= 15 is 0 Å². The number of nitrogen functional groups attached to an aromatic ring is 1. The van der Waals surface area contributed by atoms with Crippen LogP contribution in [0.25, 0.3) is 10.9 Å². The van der Waals surface area contributed by atoms with Gasteiger partial charge in [0.1, 0.15) is 0 Å². The fraction of sp³-hybridized carbons (Fsp3) is 0.391. The summed E-state index contributed by atoms with van der Waals surface area (Å²) >= 11 is 0. The van der Waals surface area contributed by atoms with E-state index in [0.29, 0.717) is 5.92 Å². The van der Waals surface area contributed by atoms with Gasteiger partial charge in [-0.15, -0.1) is 0 Å². The van der Waals surface area contributed by atoms with Crippen LogP contribution in [0.15, 0.2) is 42.6 Å². The molecule has 3 heteroatoms. The van der Waals surface area contributed by atoms with Crippen molar-refractivity contribution < 1.29 is 0 Å². The molecule has 0 aliphatic heterocycles. The van der Waals surface area contributed by atoms with E-state index in [9.17, 15) is 0 Å². The number of nitrogens with one attached hydrogen (secondary N) is 2. The van der Waals surface area contributed by atoms with E-state index in [1.165, 1.54) is 27.6 Å². The van der Waals surface area contributed by atoms with Crippen molar-refractivity contribution in [2.45, 2.75) is 47.5 Å². The summed E-state index contributed by atoms with van der Waals surface area (Å²) in [5, 5.41) is 4.87. The molecule has 1 aromatic heterocycles. The van der Waals surface area contributed by atoms with Crippen molar-refractivity contribution in [3.63, 3.8) is 0 Å². The van der Waals surface area contributed by atoms with Crippen molar-refractivity contribution in [1.29, 1.82) is 0 Å². The number of H-pyrrole nitrogens is 1. The summed E-state index contributed by atoms with van der Waals surface area (Å²) in [5.41, 5.74) is 13.1. The molecule has 0 atom stereocenters. The first kappa shape index (κ1) is 19.9. The van der Waals surface area contributed by atoms with Crippen LogP contribution in [-0.4, -0.2) is 11.5 Å². The average Bonchev–Trinajstić information content (AvgIpc) is 3.02. The van der Waals surface area contributed by atoms with Crippen LogP contribution in [-0.2, 0) is 12.8 Å². The van der Waals surface area contributed by atoms with Crippen LogP contribution >= 0.6 is 0 Å². The predicted molar refractivity (Wildman–Crippen MR) is 116 cm³/mol. The Morgan fingerprint density at radius 3 is 2.54 bits per heavy atom. The zero-order chi connectivity index (χ0) is 19.1. The lowest BCUT2D eigenvalue weighted by Gasteiger charge is -2.10. The number of anilines is 2. The molecule has 26 heavy (non-hydrogen) atoms. The fourth-order valence-corrected chi connectivity index (χ4v) is 3.31. The summed E-state index contributed by atoms with van der Waals surface area (Å²) < 4.78 is 0. The van der Waals surface area contributed by atoms with Crippen molar-refractivity contribution in [3.8, 4) is 0 Å². The highest BCUT2D eigenvalue weighted by Gasteiger charge is 2.08. The molecule has 0 spiro atoms. The summed E-state index contributed by atoms with van der Waals surface area (Å²) in [7, 11) is 0. The van der Waals surface area contributed by atoms with Crippen molar-refractivity contribution in [1.82, 2.24) is 4.98 Å². The molecule has 0 unspecified atom stereocenters. The number of fused-ring (bicyclic) bond motifs is 1. The second kappa shape index (κ2) is 9.33. The number of rotatable bonds is 6. The number of para-hydroxylation sites is 1. The van der Waals surface area contributed by atoms with Crippen molar-refractivity contribution in [3.05, 3.63) is 59.3 Å². The van der Waals surface area contributed by atoms with Gasteiger partial charge in [-0.05, 0) is 60.6 Å². The lowest BCUT2D eigenvalue weighted by atomic mass is 9.99. The zero-order valence-electron chi connectivity index (χ0n) is 16.8. The maximum Gasteiger partial charge on any atom is 0.0489 e. The smallest absolute Gasteiger partial charge is 0.0489 e. The number of benzene rings is 2. The molecule has 2 aromatic carbocycles. The number of hydrogen-bond donors (Lipinski definition) is 3. The molecule has 0 fully saturated rings. The largest absolute Gasteiger partial charge is 0.399 e. The Bertz CT molecular complexity index is 831. The first-order valence-electron chi connectivity index (χ1n) is 9.72. The quantitative estimate of drug-likeness (QED) is 0.481. The van der Waals surface area contributed by atoms with Crippen LogP contribution in [0.1, 0.15) is 44.4 Å². The summed E-state index contributed by atoms with van der Waals surface area (Å²) in [4.78, 5) is 3.49. The Morgan fingerprint density at radius 1 is 1.08 bits per heavy atom. The van der Waals surface area contributed by atoms with Crippen LogP contribution in [0.5, 0.6) is 0 Å². The van der Waals surface area contributed by atoms with Gasteiger partial charge in [-0.2, -0.15) is 0 Å². The molecule has 0 aliphatic rings. The topological polar surface area (TPSA) is 53.8 Å². The van der Waals surface area contributed by atoms with Crippen LogP contribution in [0.4, 0.5) is 11.4 Å². The van der Waals surface area contributed by atoms with E-state index < -0.39 is 0 Å². The highest BCUT2D eigenvalue weighted by Crippen LogP contribution is 2.24. The van der Waals surface area contributed by atoms with Gasteiger partial charge in [0.25, 0.3) is 0 Å². The second-order valence-electron chi connectivity index (χ2n) is 7.00. The third-order valence-corrected chi connectivity index (χ3v) is 4.48. The van der Waals surface area contributed by atoms with Crippen molar-refractivity contribution in [2.75, 3.05) is 17.6 Å². The Labute approximate surface area is 158 Å². The van der Waals surface area contributed by atoms with E-state index in [0.717, 1.165) is 30.8 Å². The maximum atomic E-state index is 5.81. The minimum Gasteiger partial charge on any atom is -0.399 e. The monoisotopic (exact) mass is 351 g/mol. The Kier molecular flexibility index (Phi) is 7.14. The van der Waals surface area contributed by atoms with Gasteiger partial charge in [-0.25, -0.2) is 0 Å². The first-order chi connectivity index (χ1) is 12.5. The van der Waals surface area contributed by atoms with E-state index in [2.05, 4.69) is 61.5 Å². The van der Waals surface area contributed by atoms with Gasteiger partial charge in [0, 0.05) is 35.0 Å². The summed E-state index contributed by atoms with van der Waals surface area (Å²) in [6.07, 6.45) is 4.27. The van der Waals surface area contributed by atoms with Gasteiger partial charge in [0.15, 0.2) is 0 Å². The number of hydrogen-bond acceptors (Lipinski definition) is 2. The average molecular weight is 352 g/mol. The van der Waals surface area contributed by atoms with Gasteiger partial charge >= 0.3 is 0 Å². The summed E-state index contributed by atoms with van der Waals surface area (Å²) in [5.74, 6) is 0.664.